The summed E-state index contributed by atoms with van der Waals surface area (Å²) in [6.45, 7) is 6.45. The van der Waals surface area contributed by atoms with E-state index in [1.54, 1.807) is 43.5 Å². The summed E-state index contributed by atoms with van der Waals surface area (Å²) in [5, 5.41) is 12.6. The Balaban J connectivity index is 1.60. The highest BCUT2D eigenvalue weighted by molar-refractivity contribution is 7.99. The summed E-state index contributed by atoms with van der Waals surface area (Å²) in [4.78, 5) is 12.3. The fourth-order valence-corrected chi connectivity index (χ4v) is 3.59. The van der Waals surface area contributed by atoms with Gasteiger partial charge in [-0.25, -0.2) is 0 Å². The van der Waals surface area contributed by atoms with Crippen molar-refractivity contribution in [3.05, 3.63) is 71.5 Å². The predicted octanol–water partition coefficient (Wildman–Crippen LogP) is 4.74. The maximum absolute atomic E-state index is 12.3. The minimum atomic E-state index is -0.141. The van der Waals surface area contributed by atoms with Crippen molar-refractivity contribution in [2.45, 2.75) is 25.2 Å². The zero-order valence-electron chi connectivity index (χ0n) is 17.3. The molecule has 1 aromatic heterocycles. The number of hydrogen-bond donors (Lipinski definition) is 1. The maximum atomic E-state index is 12.3. The molecule has 1 N–H and O–H groups in total. The van der Waals surface area contributed by atoms with E-state index in [2.05, 4.69) is 22.1 Å². The molecule has 0 fully saturated rings. The van der Waals surface area contributed by atoms with Crippen LogP contribution in [0.1, 0.15) is 11.4 Å². The molecule has 0 bridgehead atoms. The van der Waals surface area contributed by atoms with Crippen LogP contribution in [0.5, 0.6) is 11.5 Å². The van der Waals surface area contributed by atoms with Gasteiger partial charge in [-0.2, -0.15) is 0 Å². The number of hydrogen-bond acceptors (Lipinski definition) is 6. The molecule has 2 aromatic carbocycles. The van der Waals surface area contributed by atoms with Crippen LogP contribution >= 0.6 is 23.4 Å². The lowest BCUT2D eigenvalue weighted by molar-refractivity contribution is -0.113. The van der Waals surface area contributed by atoms with Crippen LogP contribution in [0.25, 0.3) is 0 Å². The lowest BCUT2D eigenvalue weighted by Gasteiger charge is -2.10. The molecular weight excluding hydrogens is 436 g/mol. The molecular formula is C22H23ClN4O3S. The molecule has 0 aliphatic heterocycles. The van der Waals surface area contributed by atoms with E-state index in [4.69, 9.17) is 21.1 Å². The Morgan fingerprint density at radius 3 is 2.65 bits per heavy atom. The van der Waals surface area contributed by atoms with Crippen LogP contribution in [-0.4, -0.2) is 33.5 Å². The second-order valence-electron chi connectivity index (χ2n) is 6.56. The van der Waals surface area contributed by atoms with Gasteiger partial charge >= 0.3 is 0 Å². The van der Waals surface area contributed by atoms with Gasteiger partial charge in [0.25, 0.3) is 0 Å². The zero-order valence-corrected chi connectivity index (χ0v) is 18.9. The van der Waals surface area contributed by atoms with Crippen LogP contribution in [0.15, 0.2) is 60.3 Å². The Labute approximate surface area is 190 Å². The molecule has 0 spiro atoms. The van der Waals surface area contributed by atoms with Crippen molar-refractivity contribution in [1.82, 2.24) is 14.8 Å². The molecule has 0 unspecified atom stereocenters. The van der Waals surface area contributed by atoms with E-state index in [0.29, 0.717) is 34.0 Å². The second kappa shape index (κ2) is 10.9. The van der Waals surface area contributed by atoms with Gasteiger partial charge in [0.15, 0.2) is 11.0 Å². The van der Waals surface area contributed by atoms with Gasteiger partial charge in [-0.15, -0.1) is 16.8 Å². The molecule has 0 saturated carbocycles. The molecule has 0 radical (unpaired) electrons. The smallest absolute Gasteiger partial charge is 0.234 e. The first-order valence-electron chi connectivity index (χ1n) is 9.48. The number of carbonyl (C=O) groups is 1. The van der Waals surface area contributed by atoms with Crippen LogP contribution in [0.2, 0.25) is 5.02 Å². The number of ether oxygens (including phenoxy) is 2. The zero-order chi connectivity index (χ0) is 22.2. The molecule has 0 atom stereocenters. The van der Waals surface area contributed by atoms with Gasteiger partial charge in [0.05, 0.1) is 12.9 Å². The summed E-state index contributed by atoms with van der Waals surface area (Å²) in [6.07, 6.45) is 1.75. The van der Waals surface area contributed by atoms with E-state index in [1.807, 2.05) is 23.6 Å². The van der Waals surface area contributed by atoms with Crippen LogP contribution in [-0.2, 0) is 17.9 Å². The van der Waals surface area contributed by atoms with Gasteiger partial charge in [-0.3, -0.25) is 9.36 Å². The molecule has 1 heterocycles. The van der Waals surface area contributed by atoms with Gasteiger partial charge in [0.2, 0.25) is 5.91 Å². The van der Waals surface area contributed by atoms with E-state index < -0.39 is 0 Å². The van der Waals surface area contributed by atoms with E-state index in [0.717, 1.165) is 11.3 Å². The number of benzene rings is 2. The largest absolute Gasteiger partial charge is 0.497 e. The molecule has 1 amide bonds. The van der Waals surface area contributed by atoms with Crippen molar-refractivity contribution >= 4 is 35.0 Å². The van der Waals surface area contributed by atoms with Gasteiger partial charge in [0.1, 0.15) is 18.1 Å². The van der Waals surface area contributed by atoms with E-state index >= 15 is 0 Å². The Kier molecular flexibility index (Phi) is 7.97. The Morgan fingerprint density at radius 2 is 1.97 bits per heavy atom. The second-order valence-corrected chi connectivity index (χ2v) is 7.91. The predicted molar refractivity (Wildman–Crippen MR) is 123 cm³/mol. The quantitative estimate of drug-likeness (QED) is 0.349. The number of methoxy groups -OCH3 is 1. The summed E-state index contributed by atoms with van der Waals surface area (Å²) in [5.41, 5.74) is 1.64. The average Bonchev–Trinajstić information content (AvgIpc) is 3.15. The summed E-state index contributed by atoms with van der Waals surface area (Å²) in [6, 6.07) is 12.6. The molecule has 3 rings (SSSR count). The number of aromatic nitrogens is 3. The number of aryl methyl sites for hydroxylation is 1. The molecule has 7 nitrogen and oxygen atoms in total. The average molecular weight is 459 g/mol. The molecule has 0 aliphatic carbocycles. The third kappa shape index (κ3) is 6.26. The topological polar surface area (TPSA) is 78.3 Å². The third-order valence-electron chi connectivity index (χ3n) is 4.31. The highest BCUT2D eigenvalue weighted by Gasteiger charge is 2.14. The van der Waals surface area contributed by atoms with Crippen LogP contribution in [0.4, 0.5) is 5.69 Å². The highest BCUT2D eigenvalue weighted by Crippen LogP contribution is 2.23. The van der Waals surface area contributed by atoms with E-state index in [-0.39, 0.29) is 18.3 Å². The minimum absolute atomic E-state index is 0.141. The number of thioether (sulfide) groups is 1. The number of anilines is 1. The van der Waals surface area contributed by atoms with Crippen molar-refractivity contribution < 1.29 is 14.3 Å². The number of nitrogens with zero attached hydrogens (tertiary/aromatic N) is 3. The highest BCUT2D eigenvalue weighted by atomic mass is 35.5. The van der Waals surface area contributed by atoms with Gasteiger partial charge in [-0.05, 0) is 55.0 Å². The van der Waals surface area contributed by atoms with E-state index in [1.165, 1.54) is 11.8 Å². The van der Waals surface area contributed by atoms with E-state index in [9.17, 15) is 4.79 Å². The summed E-state index contributed by atoms with van der Waals surface area (Å²) >= 11 is 7.36. The normalized spacial score (nSPS) is 10.5. The Morgan fingerprint density at radius 1 is 1.23 bits per heavy atom. The number of allylic oxidation sites excluding steroid dienone is 1. The van der Waals surface area contributed by atoms with Crippen molar-refractivity contribution in [1.29, 1.82) is 0 Å². The lowest BCUT2D eigenvalue weighted by Crippen LogP contribution is -2.15. The number of halogens is 1. The standard InChI is InChI=1S/C22H23ClN4O3S/c1-4-11-27-20(13-30-18-9-10-19(23)15(2)12-18)25-26-22(27)31-14-21(28)24-16-5-7-17(29-3)8-6-16/h4-10,12H,1,11,13-14H2,2-3H3,(H,24,28). The van der Waals surface area contributed by atoms with Crippen LogP contribution < -0.4 is 14.8 Å². The van der Waals surface area contributed by atoms with Crippen molar-refractivity contribution in [2.24, 2.45) is 0 Å². The summed E-state index contributed by atoms with van der Waals surface area (Å²) in [7, 11) is 1.60. The minimum Gasteiger partial charge on any atom is -0.497 e. The number of nitrogens with one attached hydrogen (secondary N) is 1. The van der Waals surface area contributed by atoms with Gasteiger partial charge in [0, 0.05) is 17.3 Å². The lowest BCUT2D eigenvalue weighted by atomic mass is 10.2. The van der Waals surface area contributed by atoms with Gasteiger partial charge < -0.3 is 14.8 Å². The first kappa shape index (κ1) is 22.7. The van der Waals surface area contributed by atoms with Crippen molar-refractivity contribution in [2.75, 3.05) is 18.2 Å². The third-order valence-corrected chi connectivity index (χ3v) is 5.70. The van der Waals surface area contributed by atoms with Gasteiger partial charge in [-0.1, -0.05) is 29.4 Å². The SMILES string of the molecule is C=CCn1c(COc2ccc(Cl)c(C)c2)nnc1SCC(=O)Nc1ccc(OC)cc1. The molecule has 0 aliphatic rings. The maximum Gasteiger partial charge on any atom is 0.234 e. The Hall–Kier alpha value is -2.97. The van der Waals surface area contributed by atoms with Crippen molar-refractivity contribution in [3.63, 3.8) is 0 Å². The first-order chi connectivity index (χ1) is 15.0. The number of amides is 1. The van der Waals surface area contributed by atoms with Crippen molar-refractivity contribution in [3.8, 4) is 11.5 Å². The molecule has 31 heavy (non-hydrogen) atoms. The molecule has 3 aromatic rings. The fourth-order valence-electron chi connectivity index (χ4n) is 2.70. The Bertz CT molecular complexity index is 1050. The first-order valence-corrected chi connectivity index (χ1v) is 10.8. The fraction of sp³-hybridized carbons (Fsp3) is 0.227. The number of rotatable bonds is 10. The molecule has 0 saturated heterocycles. The monoisotopic (exact) mass is 458 g/mol. The molecule has 9 heteroatoms. The molecule has 162 valence electrons. The van der Waals surface area contributed by atoms with Crippen LogP contribution in [0.3, 0.4) is 0 Å². The summed E-state index contributed by atoms with van der Waals surface area (Å²) in [5.74, 6) is 2.12. The summed E-state index contributed by atoms with van der Waals surface area (Å²) < 4.78 is 12.8. The van der Waals surface area contributed by atoms with Crippen LogP contribution in [0, 0.1) is 6.92 Å². The number of carbonyl (C=O) groups excluding carboxylic acids is 1.